The van der Waals surface area contributed by atoms with E-state index in [1.54, 1.807) is 54.6 Å². The van der Waals surface area contributed by atoms with Gasteiger partial charge in [-0.3, -0.25) is 4.79 Å². The zero-order valence-corrected chi connectivity index (χ0v) is 17.5. The van der Waals surface area contributed by atoms with E-state index < -0.39 is 21.9 Å². The van der Waals surface area contributed by atoms with Gasteiger partial charge < -0.3 is 10.1 Å². The molecule has 3 aromatic carbocycles. The molecule has 0 radical (unpaired) electrons. The molecule has 0 aliphatic carbocycles. The summed E-state index contributed by atoms with van der Waals surface area (Å²) >= 11 is 0. The van der Waals surface area contributed by atoms with Crippen LogP contribution in [0.2, 0.25) is 0 Å². The van der Waals surface area contributed by atoms with Gasteiger partial charge in [0.15, 0.2) is 0 Å². The average Bonchev–Trinajstić information content (AvgIpc) is 2.78. The summed E-state index contributed by atoms with van der Waals surface area (Å²) in [7, 11) is -1.31. The van der Waals surface area contributed by atoms with Crippen LogP contribution in [0.1, 0.15) is 29.7 Å². The van der Waals surface area contributed by atoms with Crippen molar-refractivity contribution in [2.75, 3.05) is 7.11 Å². The summed E-state index contributed by atoms with van der Waals surface area (Å²) in [5.41, 5.74) is -0.0252. The third-order valence-corrected chi connectivity index (χ3v) is 5.31. The van der Waals surface area contributed by atoms with Crippen LogP contribution in [0.4, 0.5) is 0 Å². The maximum Gasteiger partial charge on any atom is 0.312 e. The summed E-state index contributed by atoms with van der Waals surface area (Å²) in [6, 6.07) is 24.4. The lowest BCUT2D eigenvalue weighted by Crippen LogP contribution is -2.45. The normalized spacial score (nSPS) is 13.5. The lowest BCUT2D eigenvalue weighted by Gasteiger charge is -2.29. The van der Waals surface area contributed by atoms with Gasteiger partial charge in [0.2, 0.25) is 5.54 Å². The zero-order valence-electron chi connectivity index (χ0n) is 16.6. The topological polar surface area (TPSA) is 84.8 Å². The largest absolute Gasteiger partial charge is 0.497 e. The van der Waals surface area contributed by atoms with Gasteiger partial charge >= 0.3 is 10.5 Å². The van der Waals surface area contributed by atoms with Crippen LogP contribution in [0.5, 0.6) is 5.75 Å². The first-order chi connectivity index (χ1) is 14.5. The first-order valence-electron chi connectivity index (χ1n) is 9.35. The van der Waals surface area contributed by atoms with Crippen molar-refractivity contribution >= 4 is 16.4 Å². The Morgan fingerprint density at radius 2 is 1.43 bits per heavy atom. The van der Waals surface area contributed by atoms with Crippen LogP contribution in [-0.4, -0.2) is 21.4 Å². The second-order valence-corrected chi connectivity index (χ2v) is 7.34. The second kappa shape index (κ2) is 9.37. The van der Waals surface area contributed by atoms with E-state index in [4.69, 9.17) is 4.74 Å². The molecule has 2 atom stereocenters. The molecule has 154 valence electrons. The van der Waals surface area contributed by atoms with Crippen molar-refractivity contribution in [2.24, 2.45) is 4.36 Å². The molecule has 0 saturated carbocycles. The van der Waals surface area contributed by atoms with E-state index >= 15 is 0 Å². The summed E-state index contributed by atoms with van der Waals surface area (Å²) < 4.78 is 32.7. The molecule has 0 aliphatic heterocycles. The van der Waals surface area contributed by atoms with Gasteiger partial charge in [-0.15, -0.1) is 4.36 Å². The highest BCUT2D eigenvalue weighted by Crippen LogP contribution is 2.36. The molecule has 3 rings (SSSR count). The number of amides is 1. The molecule has 7 heteroatoms. The highest BCUT2D eigenvalue weighted by atomic mass is 32.2. The Labute approximate surface area is 177 Å². The molecule has 0 fully saturated rings. The third-order valence-electron chi connectivity index (χ3n) is 4.89. The van der Waals surface area contributed by atoms with E-state index in [0.29, 0.717) is 16.9 Å². The van der Waals surface area contributed by atoms with E-state index in [1.165, 1.54) is 7.11 Å². The molecule has 3 aromatic rings. The molecule has 0 bridgehead atoms. The second-order valence-electron chi connectivity index (χ2n) is 6.72. The van der Waals surface area contributed by atoms with Crippen LogP contribution in [0, 0.1) is 0 Å². The van der Waals surface area contributed by atoms with Crippen molar-refractivity contribution in [3.05, 3.63) is 102 Å². The first-order valence-corrected chi connectivity index (χ1v) is 10.4. The van der Waals surface area contributed by atoms with E-state index in [-0.39, 0.29) is 6.04 Å². The minimum absolute atomic E-state index is 0.352. The molecule has 2 unspecified atom stereocenters. The maximum absolute atomic E-state index is 13.6. The predicted octanol–water partition coefficient (Wildman–Crippen LogP) is 3.88. The summed E-state index contributed by atoms with van der Waals surface area (Å²) in [4.78, 5) is 13.6. The highest BCUT2D eigenvalue weighted by Gasteiger charge is 2.43. The Hall–Kier alpha value is -3.45. The van der Waals surface area contributed by atoms with Crippen molar-refractivity contribution in [1.82, 2.24) is 5.32 Å². The minimum atomic E-state index is -2.84. The van der Waals surface area contributed by atoms with Gasteiger partial charge in [-0.05, 0) is 35.7 Å². The number of ether oxygens (including phenoxy) is 1. The van der Waals surface area contributed by atoms with E-state index in [9.17, 15) is 13.2 Å². The summed E-state index contributed by atoms with van der Waals surface area (Å²) in [5, 5.41) is 2.93. The van der Waals surface area contributed by atoms with E-state index in [1.807, 2.05) is 37.3 Å². The number of hydrogen-bond acceptors (Lipinski definition) is 5. The van der Waals surface area contributed by atoms with Gasteiger partial charge in [-0.1, -0.05) is 72.8 Å². The van der Waals surface area contributed by atoms with Crippen LogP contribution in [0.25, 0.3) is 0 Å². The predicted molar refractivity (Wildman–Crippen MR) is 115 cm³/mol. The number of hydrogen-bond donors (Lipinski definition) is 1. The van der Waals surface area contributed by atoms with Gasteiger partial charge in [-0.2, -0.15) is 8.42 Å². The Bertz CT molecular complexity index is 1120. The fraction of sp³-hybridized carbons (Fsp3) is 0.174. The standard InChI is InChI=1S/C23H22N2O4S/c1-17(18-9-5-3-6-10-18)24-22(26)23(25-30(27)28,19-11-7-4-8-12-19)20-13-15-21(29-2)16-14-20/h3-17H,1-2H3,(H,24,26). The molecule has 30 heavy (non-hydrogen) atoms. The molecule has 0 aromatic heterocycles. The molecule has 0 heterocycles. The Balaban J connectivity index is 2.16. The van der Waals surface area contributed by atoms with Crippen LogP contribution >= 0.6 is 0 Å². The fourth-order valence-electron chi connectivity index (χ4n) is 3.33. The number of carbonyl (C=O) groups is 1. The molecular weight excluding hydrogens is 400 g/mol. The monoisotopic (exact) mass is 422 g/mol. The smallest absolute Gasteiger partial charge is 0.312 e. The number of nitrogens with zero attached hydrogens (tertiary/aromatic N) is 1. The van der Waals surface area contributed by atoms with Crippen LogP contribution in [-0.2, 0) is 20.8 Å². The SMILES string of the molecule is COc1ccc(C(N=S(=O)=O)(C(=O)NC(C)c2ccccc2)c2ccccc2)cc1. The van der Waals surface area contributed by atoms with Crippen LogP contribution in [0.15, 0.2) is 89.3 Å². The van der Waals surface area contributed by atoms with Crippen molar-refractivity contribution in [2.45, 2.75) is 18.5 Å². The highest BCUT2D eigenvalue weighted by molar-refractivity contribution is 7.61. The van der Waals surface area contributed by atoms with E-state index in [0.717, 1.165) is 5.56 Å². The zero-order chi connectivity index (χ0) is 21.6. The lowest BCUT2D eigenvalue weighted by atomic mass is 9.82. The Morgan fingerprint density at radius 3 is 1.97 bits per heavy atom. The van der Waals surface area contributed by atoms with E-state index in [2.05, 4.69) is 9.68 Å². The molecule has 1 N–H and O–H groups in total. The first kappa shape index (κ1) is 21.3. The summed E-state index contributed by atoms with van der Waals surface area (Å²) in [5.74, 6) is 0.0430. The quantitative estimate of drug-likeness (QED) is 0.626. The van der Waals surface area contributed by atoms with Crippen molar-refractivity contribution in [3.8, 4) is 5.75 Å². The van der Waals surface area contributed by atoms with Gasteiger partial charge in [-0.25, -0.2) is 0 Å². The van der Waals surface area contributed by atoms with Crippen molar-refractivity contribution in [1.29, 1.82) is 0 Å². The van der Waals surface area contributed by atoms with Gasteiger partial charge in [0, 0.05) is 0 Å². The molecule has 0 spiro atoms. The number of nitrogens with one attached hydrogen (secondary N) is 1. The Morgan fingerprint density at radius 1 is 0.900 bits per heavy atom. The molecule has 0 saturated heterocycles. The third kappa shape index (κ3) is 4.41. The number of methoxy groups -OCH3 is 1. The maximum atomic E-state index is 13.6. The number of carbonyl (C=O) groups excluding carboxylic acids is 1. The van der Waals surface area contributed by atoms with Crippen LogP contribution < -0.4 is 10.1 Å². The number of rotatable bonds is 7. The fourth-order valence-corrected chi connectivity index (χ4v) is 3.84. The Kier molecular flexibility index (Phi) is 6.64. The average molecular weight is 423 g/mol. The summed E-state index contributed by atoms with van der Waals surface area (Å²) in [6.07, 6.45) is 0. The van der Waals surface area contributed by atoms with Crippen LogP contribution in [0.3, 0.4) is 0 Å². The minimum Gasteiger partial charge on any atom is -0.497 e. The van der Waals surface area contributed by atoms with Crippen molar-refractivity contribution in [3.63, 3.8) is 0 Å². The van der Waals surface area contributed by atoms with Gasteiger partial charge in [0.1, 0.15) is 5.75 Å². The molecular formula is C23H22N2O4S. The summed E-state index contributed by atoms with van der Waals surface area (Å²) in [6.45, 7) is 1.84. The van der Waals surface area contributed by atoms with Gasteiger partial charge in [0.25, 0.3) is 5.91 Å². The number of benzene rings is 3. The van der Waals surface area contributed by atoms with Crippen molar-refractivity contribution < 1.29 is 17.9 Å². The molecule has 6 nitrogen and oxygen atoms in total. The lowest BCUT2D eigenvalue weighted by molar-refractivity contribution is -0.125. The molecule has 1 amide bonds. The molecule has 0 aliphatic rings. The van der Waals surface area contributed by atoms with Gasteiger partial charge in [0.05, 0.1) is 13.2 Å².